The van der Waals surface area contributed by atoms with Crippen molar-refractivity contribution in [2.45, 2.75) is 31.6 Å². The molecule has 1 aromatic carbocycles. The number of carboxylic acids is 2. The molecule has 0 spiro atoms. The molecule has 1 aliphatic heterocycles. The van der Waals surface area contributed by atoms with Gasteiger partial charge in [0.2, 0.25) is 0 Å². The molecule has 0 radical (unpaired) electrons. The number of carbonyl (C=O) groups is 2. The topological polar surface area (TPSA) is 86.6 Å². The van der Waals surface area contributed by atoms with Crippen molar-refractivity contribution >= 4 is 23.5 Å². The Hall–Kier alpha value is -1.59. The second-order valence-electron chi connectivity index (χ2n) is 4.77. The van der Waals surface area contributed by atoms with E-state index in [0.717, 1.165) is 25.9 Å². The van der Waals surface area contributed by atoms with Crippen molar-refractivity contribution in [2.24, 2.45) is 0 Å². The van der Waals surface area contributed by atoms with Crippen LogP contribution in [0.5, 0.6) is 0 Å². The molecule has 0 amide bonds. The Labute approximate surface area is 128 Å². The Balaban J connectivity index is 0.000000240. The summed E-state index contributed by atoms with van der Waals surface area (Å²) in [7, 11) is 0. The fourth-order valence-corrected chi connectivity index (χ4v) is 2.19. The molecule has 0 bridgehead atoms. The summed E-state index contributed by atoms with van der Waals surface area (Å²) in [5, 5.41) is 19.2. The van der Waals surface area contributed by atoms with Crippen LogP contribution in [0.4, 0.5) is 0 Å². The average Bonchev–Trinajstić information content (AvgIpc) is 2.70. The van der Waals surface area contributed by atoms with E-state index in [0.29, 0.717) is 5.88 Å². The SMILES string of the molecule is ClCc1ccc2c(c1)CCNCC2.O=C(O)CCC(=O)O. The molecule has 1 aliphatic rings. The number of aliphatic carboxylic acids is 2. The molecule has 21 heavy (non-hydrogen) atoms. The van der Waals surface area contributed by atoms with Crippen LogP contribution in [0, 0.1) is 0 Å². The third kappa shape index (κ3) is 7.11. The van der Waals surface area contributed by atoms with Gasteiger partial charge in [-0.2, -0.15) is 0 Å². The number of benzene rings is 1. The molecule has 1 aromatic rings. The van der Waals surface area contributed by atoms with Crippen LogP contribution < -0.4 is 5.32 Å². The molecule has 0 aliphatic carbocycles. The number of rotatable bonds is 4. The number of nitrogens with one attached hydrogen (secondary N) is 1. The summed E-state index contributed by atoms with van der Waals surface area (Å²) in [5.74, 6) is -1.53. The van der Waals surface area contributed by atoms with E-state index in [4.69, 9.17) is 21.8 Å². The molecule has 2 rings (SSSR count). The molecule has 116 valence electrons. The summed E-state index contributed by atoms with van der Waals surface area (Å²) in [6, 6.07) is 6.60. The standard InChI is InChI=1S/C11H14ClN.C4H6O4/c12-8-9-1-2-10-3-5-13-6-4-11(10)7-9;5-3(6)1-2-4(7)8/h1-2,7,13H,3-6,8H2;1-2H2,(H,5,6)(H,7,8). The molecular weight excluding hydrogens is 294 g/mol. The van der Waals surface area contributed by atoms with Gasteiger partial charge in [0.25, 0.3) is 0 Å². The van der Waals surface area contributed by atoms with Gasteiger partial charge in [0.1, 0.15) is 0 Å². The van der Waals surface area contributed by atoms with Gasteiger partial charge in [0, 0.05) is 5.88 Å². The van der Waals surface area contributed by atoms with Gasteiger partial charge >= 0.3 is 11.9 Å². The first kappa shape index (κ1) is 17.5. The van der Waals surface area contributed by atoms with Crippen molar-refractivity contribution in [2.75, 3.05) is 13.1 Å². The van der Waals surface area contributed by atoms with E-state index in [1.54, 1.807) is 0 Å². The molecule has 1 heterocycles. The maximum Gasteiger partial charge on any atom is 0.303 e. The van der Waals surface area contributed by atoms with Gasteiger partial charge in [-0.25, -0.2) is 0 Å². The number of alkyl halides is 1. The molecule has 0 atom stereocenters. The number of halogens is 1. The first-order valence-electron chi connectivity index (χ1n) is 6.84. The van der Waals surface area contributed by atoms with Crippen LogP contribution in [0.2, 0.25) is 0 Å². The smallest absolute Gasteiger partial charge is 0.303 e. The predicted octanol–water partition coefficient (Wildman–Crippen LogP) is 2.05. The lowest BCUT2D eigenvalue weighted by Gasteiger charge is -2.06. The highest BCUT2D eigenvalue weighted by Gasteiger charge is 2.07. The largest absolute Gasteiger partial charge is 0.481 e. The highest BCUT2D eigenvalue weighted by Crippen LogP contribution is 2.16. The fourth-order valence-electron chi connectivity index (χ4n) is 2.02. The van der Waals surface area contributed by atoms with Gasteiger partial charge < -0.3 is 15.5 Å². The van der Waals surface area contributed by atoms with Crippen molar-refractivity contribution in [3.63, 3.8) is 0 Å². The monoisotopic (exact) mass is 313 g/mol. The molecule has 0 unspecified atom stereocenters. The van der Waals surface area contributed by atoms with Gasteiger partial charge in [-0.3, -0.25) is 9.59 Å². The van der Waals surface area contributed by atoms with Crippen molar-refractivity contribution in [3.8, 4) is 0 Å². The van der Waals surface area contributed by atoms with E-state index in [1.807, 2.05) is 0 Å². The van der Waals surface area contributed by atoms with Crippen LogP contribution in [0.15, 0.2) is 18.2 Å². The van der Waals surface area contributed by atoms with Gasteiger partial charge in [0.05, 0.1) is 12.8 Å². The maximum absolute atomic E-state index is 9.64. The number of hydrogen-bond acceptors (Lipinski definition) is 3. The summed E-state index contributed by atoms with van der Waals surface area (Å²) in [4.78, 5) is 19.3. The van der Waals surface area contributed by atoms with Crippen LogP contribution in [0.25, 0.3) is 0 Å². The quantitative estimate of drug-likeness (QED) is 0.741. The van der Waals surface area contributed by atoms with Gasteiger partial charge in [-0.1, -0.05) is 18.2 Å². The zero-order valence-corrected chi connectivity index (χ0v) is 12.5. The second kappa shape index (κ2) is 9.37. The number of hydrogen-bond donors (Lipinski definition) is 3. The highest BCUT2D eigenvalue weighted by atomic mass is 35.5. The van der Waals surface area contributed by atoms with Crippen LogP contribution in [0.1, 0.15) is 29.5 Å². The first-order valence-corrected chi connectivity index (χ1v) is 7.37. The minimum Gasteiger partial charge on any atom is -0.481 e. The fraction of sp³-hybridized carbons (Fsp3) is 0.467. The van der Waals surface area contributed by atoms with Gasteiger partial charge in [-0.15, -0.1) is 11.6 Å². The molecule has 0 saturated carbocycles. The molecule has 0 fully saturated rings. The van der Waals surface area contributed by atoms with Crippen molar-refractivity contribution in [1.29, 1.82) is 0 Å². The molecule has 6 heteroatoms. The Morgan fingerprint density at radius 2 is 1.62 bits per heavy atom. The number of fused-ring (bicyclic) bond motifs is 1. The molecule has 3 N–H and O–H groups in total. The van der Waals surface area contributed by atoms with Gasteiger partial charge in [-0.05, 0) is 42.6 Å². The summed E-state index contributed by atoms with van der Waals surface area (Å²) in [5.41, 5.74) is 4.20. The summed E-state index contributed by atoms with van der Waals surface area (Å²) < 4.78 is 0. The Kier molecular flexibility index (Phi) is 7.79. The third-order valence-corrected chi connectivity index (χ3v) is 3.43. The lowest BCUT2D eigenvalue weighted by atomic mass is 10.0. The normalized spacial score (nSPS) is 13.4. The maximum atomic E-state index is 9.64. The average molecular weight is 314 g/mol. The van der Waals surface area contributed by atoms with Crippen LogP contribution >= 0.6 is 11.6 Å². The first-order chi connectivity index (χ1) is 10.0. The van der Waals surface area contributed by atoms with Crippen molar-refractivity contribution in [3.05, 3.63) is 34.9 Å². The second-order valence-corrected chi connectivity index (χ2v) is 5.04. The Bertz CT molecular complexity index is 477. The Morgan fingerprint density at radius 3 is 2.14 bits per heavy atom. The molecule has 0 saturated heterocycles. The van der Waals surface area contributed by atoms with Crippen molar-refractivity contribution < 1.29 is 19.8 Å². The van der Waals surface area contributed by atoms with Crippen LogP contribution in [0.3, 0.4) is 0 Å². The van der Waals surface area contributed by atoms with E-state index in [1.165, 1.54) is 16.7 Å². The highest BCUT2D eigenvalue weighted by molar-refractivity contribution is 6.17. The minimum absolute atomic E-state index is 0.296. The van der Waals surface area contributed by atoms with E-state index in [-0.39, 0.29) is 12.8 Å². The molecule has 5 nitrogen and oxygen atoms in total. The van der Waals surface area contributed by atoms with Crippen LogP contribution in [-0.4, -0.2) is 35.2 Å². The minimum atomic E-state index is -1.08. The summed E-state index contributed by atoms with van der Waals surface area (Å²) in [6.07, 6.45) is 1.70. The summed E-state index contributed by atoms with van der Waals surface area (Å²) >= 11 is 5.79. The lowest BCUT2D eigenvalue weighted by Crippen LogP contribution is -2.16. The van der Waals surface area contributed by atoms with E-state index in [9.17, 15) is 9.59 Å². The lowest BCUT2D eigenvalue weighted by molar-refractivity contribution is -0.143. The Morgan fingerprint density at radius 1 is 1.05 bits per heavy atom. The third-order valence-electron chi connectivity index (χ3n) is 3.12. The van der Waals surface area contributed by atoms with Crippen LogP contribution in [-0.2, 0) is 28.3 Å². The molecule has 0 aromatic heterocycles. The predicted molar refractivity (Wildman–Crippen MR) is 80.8 cm³/mol. The molecular formula is C15H20ClNO4. The van der Waals surface area contributed by atoms with E-state index >= 15 is 0 Å². The van der Waals surface area contributed by atoms with Gasteiger partial charge in [0.15, 0.2) is 0 Å². The summed E-state index contributed by atoms with van der Waals surface area (Å²) in [6.45, 7) is 2.20. The van der Waals surface area contributed by atoms with E-state index in [2.05, 4.69) is 23.5 Å². The zero-order chi connectivity index (χ0) is 15.7. The van der Waals surface area contributed by atoms with E-state index < -0.39 is 11.9 Å². The number of carboxylic acid groups (broad SMARTS) is 2. The zero-order valence-electron chi connectivity index (χ0n) is 11.8. The van der Waals surface area contributed by atoms with Crippen molar-refractivity contribution in [1.82, 2.24) is 5.32 Å².